The molecule has 0 aliphatic heterocycles. The Morgan fingerprint density at radius 1 is 0.846 bits per heavy atom. The van der Waals surface area contributed by atoms with Gasteiger partial charge in [0.2, 0.25) is 0 Å². The molecule has 0 rings (SSSR count). The van der Waals surface area contributed by atoms with Crippen LogP contribution in [0.5, 0.6) is 0 Å². The number of aliphatic hydroxyl groups excluding tert-OH is 2. The van der Waals surface area contributed by atoms with E-state index >= 15 is 0 Å². The van der Waals surface area contributed by atoms with E-state index in [1.807, 2.05) is 0 Å². The van der Waals surface area contributed by atoms with E-state index in [0.717, 1.165) is 12.8 Å². The third-order valence-corrected chi connectivity index (χ3v) is 5.34. The molecule has 0 aromatic rings. The van der Waals surface area contributed by atoms with Crippen molar-refractivity contribution >= 4 is 14.3 Å². The fourth-order valence-corrected chi connectivity index (χ4v) is 3.41. The molecular formula is C21H41O4P. The highest BCUT2D eigenvalue weighted by Gasteiger charge is 2.09. The van der Waals surface area contributed by atoms with Crippen LogP contribution in [0.4, 0.5) is 0 Å². The third-order valence-electron chi connectivity index (χ3n) is 4.41. The van der Waals surface area contributed by atoms with Gasteiger partial charge < -0.3 is 14.7 Å². The van der Waals surface area contributed by atoms with Crippen LogP contribution in [0.2, 0.25) is 0 Å². The van der Waals surface area contributed by atoms with E-state index in [-0.39, 0.29) is 27.5 Å². The van der Waals surface area contributed by atoms with Crippen molar-refractivity contribution in [3.8, 4) is 0 Å². The zero-order valence-corrected chi connectivity index (χ0v) is 17.8. The number of rotatable bonds is 20. The van der Waals surface area contributed by atoms with Crippen molar-refractivity contribution in [1.29, 1.82) is 0 Å². The molecule has 2 N–H and O–H groups in total. The lowest BCUT2D eigenvalue weighted by Gasteiger charge is -2.10. The second kappa shape index (κ2) is 21.0. The van der Waals surface area contributed by atoms with E-state index in [4.69, 9.17) is 14.7 Å². The number of carbonyl (C=O) groups excluding carboxylic acids is 1. The molecule has 5 heteroatoms. The second-order valence-electron chi connectivity index (χ2n) is 6.96. The van der Waals surface area contributed by atoms with Crippen molar-refractivity contribution in [2.75, 3.05) is 13.2 Å². The highest BCUT2D eigenvalue weighted by atomic mass is 31.1. The highest BCUT2D eigenvalue weighted by molar-refractivity contribution is 7.53. The van der Waals surface area contributed by atoms with Crippen molar-refractivity contribution < 1.29 is 19.5 Å². The summed E-state index contributed by atoms with van der Waals surface area (Å²) in [5.74, 6) is 0. The van der Waals surface area contributed by atoms with Crippen LogP contribution in [0, 0.1) is 0 Å². The molecule has 0 saturated carbocycles. The summed E-state index contributed by atoms with van der Waals surface area (Å²) in [6.45, 7) is 1.76. The monoisotopic (exact) mass is 388 g/mol. The zero-order chi connectivity index (χ0) is 19.3. The molecule has 0 aromatic heterocycles. The minimum atomic E-state index is -0.619. The smallest absolute Gasteiger partial charge is 0.178 e. The van der Waals surface area contributed by atoms with Gasteiger partial charge in [-0.3, -0.25) is 4.79 Å². The molecule has 0 aliphatic rings. The maximum Gasteiger partial charge on any atom is 0.178 e. The van der Waals surface area contributed by atoms with Gasteiger partial charge >= 0.3 is 0 Å². The Morgan fingerprint density at radius 2 is 1.35 bits per heavy atom. The summed E-state index contributed by atoms with van der Waals surface area (Å²) in [5.41, 5.74) is 0.0783. The summed E-state index contributed by atoms with van der Waals surface area (Å²) < 4.78 is 5.15. The summed E-state index contributed by atoms with van der Waals surface area (Å²) in [4.78, 5) is 11.6. The summed E-state index contributed by atoms with van der Waals surface area (Å²) in [7, 11) is -0.257. The third kappa shape index (κ3) is 18.5. The number of allylic oxidation sites excluding steroid dienone is 2. The first-order valence-corrected chi connectivity index (χ1v) is 11.5. The predicted molar refractivity (Wildman–Crippen MR) is 112 cm³/mol. The van der Waals surface area contributed by atoms with Gasteiger partial charge in [0.25, 0.3) is 0 Å². The van der Waals surface area contributed by atoms with Crippen LogP contribution in [-0.2, 0) is 9.32 Å². The minimum absolute atomic E-state index is 0.0783. The van der Waals surface area contributed by atoms with Crippen molar-refractivity contribution in [2.24, 2.45) is 0 Å². The average Bonchev–Trinajstić information content (AvgIpc) is 2.65. The number of hydrogen-bond donors (Lipinski definition) is 2. The highest BCUT2D eigenvalue weighted by Crippen LogP contribution is 2.20. The van der Waals surface area contributed by atoms with E-state index in [1.165, 1.54) is 70.6 Å². The second-order valence-corrected chi connectivity index (χ2v) is 7.96. The Bertz CT molecular complexity index is 330. The lowest BCUT2D eigenvalue weighted by molar-refractivity contribution is -0.112. The topological polar surface area (TPSA) is 66.8 Å². The first-order valence-electron chi connectivity index (χ1n) is 10.6. The Kier molecular flexibility index (Phi) is 20.8. The Morgan fingerprint density at radius 3 is 1.88 bits per heavy atom. The van der Waals surface area contributed by atoms with Gasteiger partial charge in [-0.15, -0.1) is 0 Å². The van der Waals surface area contributed by atoms with Crippen LogP contribution < -0.4 is 0 Å². The van der Waals surface area contributed by atoms with Gasteiger partial charge in [-0.25, -0.2) is 0 Å². The van der Waals surface area contributed by atoms with Crippen LogP contribution in [0.3, 0.4) is 0 Å². The lowest BCUT2D eigenvalue weighted by atomic mass is 10.1. The molecule has 154 valence electrons. The largest absolute Gasteiger partial charge is 0.394 e. The summed E-state index contributed by atoms with van der Waals surface area (Å²) in [6.07, 6.45) is 20.8. The minimum Gasteiger partial charge on any atom is -0.394 e. The predicted octanol–water partition coefficient (Wildman–Crippen LogP) is 5.51. The van der Waals surface area contributed by atoms with Crippen molar-refractivity contribution in [1.82, 2.24) is 0 Å². The van der Waals surface area contributed by atoms with Gasteiger partial charge in [-0.05, 0) is 32.1 Å². The van der Waals surface area contributed by atoms with E-state index in [2.05, 4.69) is 19.1 Å². The van der Waals surface area contributed by atoms with Crippen molar-refractivity contribution in [2.45, 2.75) is 103 Å². The molecule has 0 fully saturated rings. The number of carbonyl (C=O) groups is 1. The zero-order valence-electron chi connectivity index (χ0n) is 16.8. The number of aliphatic hydroxyl groups is 2. The Hall–Kier alpha value is -0.280. The summed E-state index contributed by atoms with van der Waals surface area (Å²) in [6, 6.07) is 0. The first-order chi connectivity index (χ1) is 12.7. The van der Waals surface area contributed by atoms with E-state index in [1.54, 1.807) is 0 Å². The van der Waals surface area contributed by atoms with Gasteiger partial charge in [0.15, 0.2) is 5.52 Å². The summed E-state index contributed by atoms with van der Waals surface area (Å²) in [5, 5.41) is 17.7. The van der Waals surface area contributed by atoms with Crippen LogP contribution in [0.15, 0.2) is 12.2 Å². The molecule has 0 radical (unpaired) electrons. The molecule has 0 amide bonds. The standard InChI is InChI=1S/C21H41O4P/c1-2-3-4-5-6-7-8-9-10-11-12-13-14-15-16-17-21(24)26-25-20(18-22)19-23/h9-10,20,22-23,26H,2-8,11-19H2,1H3/b10-9-. The van der Waals surface area contributed by atoms with Crippen molar-refractivity contribution in [3.63, 3.8) is 0 Å². The quantitative estimate of drug-likeness (QED) is 0.164. The number of unbranched alkanes of at least 4 members (excludes halogenated alkanes) is 11. The molecule has 1 atom stereocenters. The lowest BCUT2D eigenvalue weighted by Crippen LogP contribution is -2.18. The van der Waals surface area contributed by atoms with Crippen LogP contribution in [-0.4, -0.2) is 35.1 Å². The van der Waals surface area contributed by atoms with E-state index in [0.29, 0.717) is 6.42 Å². The molecule has 0 saturated heterocycles. The molecule has 4 nitrogen and oxygen atoms in total. The van der Waals surface area contributed by atoms with E-state index < -0.39 is 6.10 Å². The molecular weight excluding hydrogens is 347 g/mol. The maximum atomic E-state index is 11.6. The van der Waals surface area contributed by atoms with Crippen molar-refractivity contribution in [3.05, 3.63) is 12.2 Å². The fourth-order valence-electron chi connectivity index (χ4n) is 2.69. The van der Waals surface area contributed by atoms with Gasteiger partial charge in [0.1, 0.15) is 6.10 Å². The molecule has 1 unspecified atom stereocenters. The fraction of sp³-hybridized carbons (Fsp3) is 0.857. The Balaban J connectivity index is 3.28. The first kappa shape index (κ1) is 25.7. The SMILES string of the molecule is CCCCCCCC/C=C\CCCCCCCC(=O)POC(CO)CO. The Labute approximate surface area is 162 Å². The normalized spacial score (nSPS) is 12.2. The molecule has 26 heavy (non-hydrogen) atoms. The molecule has 0 aliphatic carbocycles. The summed E-state index contributed by atoms with van der Waals surface area (Å²) >= 11 is 0. The van der Waals surface area contributed by atoms with Gasteiger partial charge in [0, 0.05) is 6.42 Å². The molecule has 0 aromatic carbocycles. The molecule has 0 spiro atoms. The van der Waals surface area contributed by atoms with Gasteiger partial charge in [0.05, 0.1) is 22.0 Å². The maximum absolute atomic E-state index is 11.6. The van der Waals surface area contributed by atoms with Gasteiger partial charge in [-0.1, -0.05) is 70.4 Å². The van der Waals surface area contributed by atoms with Crippen LogP contribution in [0.25, 0.3) is 0 Å². The average molecular weight is 389 g/mol. The molecule has 0 heterocycles. The van der Waals surface area contributed by atoms with E-state index in [9.17, 15) is 4.79 Å². The molecule has 0 bridgehead atoms. The van der Waals surface area contributed by atoms with Gasteiger partial charge in [-0.2, -0.15) is 0 Å². The van der Waals surface area contributed by atoms with Crippen LogP contribution >= 0.6 is 8.81 Å². The van der Waals surface area contributed by atoms with Crippen LogP contribution in [0.1, 0.15) is 96.8 Å². The number of hydrogen-bond acceptors (Lipinski definition) is 4.